The Morgan fingerprint density at radius 1 is 1.12 bits per heavy atom. The predicted octanol–water partition coefficient (Wildman–Crippen LogP) is 2.39. The maximum absolute atomic E-state index is 10.8. The minimum Gasteiger partial charge on any atom is -0.479 e. The molecule has 0 aliphatic rings. The first-order valence-corrected chi connectivity index (χ1v) is 5.50. The Hall–Kier alpha value is -1.87. The zero-order valence-corrected chi connectivity index (χ0v) is 9.50. The molecule has 0 heterocycles. The summed E-state index contributed by atoms with van der Waals surface area (Å²) in [5, 5.41) is 20.5. The van der Waals surface area contributed by atoms with E-state index in [1.54, 1.807) is 6.92 Å². The van der Waals surface area contributed by atoms with E-state index in [0.717, 1.165) is 16.3 Å². The summed E-state index contributed by atoms with van der Waals surface area (Å²) >= 11 is 0. The van der Waals surface area contributed by atoms with Crippen LogP contribution < -0.4 is 0 Å². The number of carbonyl (C=O) groups is 1. The van der Waals surface area contributed by atoms with Crippen molar-refractivity contribution in [2.75, 3.05) is 0 Å². The Kier molecular flexibility index (Phi) is 3.11. The Morgan fingerprint density at radius 2 is 1.76 bits per heavy atom. The van der Waals surface area contributed by atoms with Crippen molar-refractivity contribution in [2.45, 2.75) is 18.9 Å². The lowest BCUT2D eigenvalue weighted by molar-refractivity contribution is -0.147. The van der Waals surface area contributed by atoms with Gasteiger partial charge in [0.25, 0.3) is 0 Å². The highest BCUT2D eigenvalue weighted by molar-refractivity contribution is 5.87. The third-order valence-corrected chi connectivity index (χ3v) is 3.04. The Balaban J connectivity index is 2.52. The monoisotopic (exact) mass is 230 g/mol. The van der Waals surface area contributed by atoms with Crippen LogP contribution >= 0.6 is 0 Å². The molecule has 17 heavy (non-hydrogen) atoms. The van der Waals surface area contributed by atoms with E-state index in [0.29, 0.717) is 0 Å². The summed E-state index contributed by atoms with van der Waals surface area (Å²) in [6.45, 7) is 1.72. The normalized spacial score (nSPS) is 14.5. The number of benzene rings is 2. The van der Waals surface area contributed by atoms with E-state index in [9.17, 15) is 9.90 Å². The van der Waals surface area contributed by atoms with E-state index in [-0.39, 0.29) is 0 Å². The van der Waals surface area contributed by atoms with Crippen LogP contribution in [-0.4, -0.2) is 22.3 Å². The van der Waals surface area contributed by atoms with E-state index >= 15 is 0 Å². The van der Waals surface area contributed by atoms with Crippen molar-refractivity contribution >= 4 is 16.7 Å². The molecule has 0 amide bonds. The Bertz CT molecular complexity index is 543. The van der Waals surface area contributed by atoms with Gasteiger partial charge in [-0.2, -0.15) is 0 Å². The summed E-state index contributed by atoms with van der Waals surface area (Å²) in [4.78, 5) is 10.8. The Labute approximate surface area is 99.3 Å². The van der Waals surface area contributed by atoms with Gasteiger partial charge in [0.1, 0.15) is 0 Å². The highest BCUT2D eigenvalue weighted by atomic mass is 16.4. The maximum atomic E-state index is 10.8. The zero-order valence-electron chi connectivity index (χ0n) is 9.50. The fourth-order valence-corrected chi connectivity index (χ4v) is 2.03. The second-order valence-electron chi connectivity index (χ2n) is 4.14. The molecule has 2 N–H and O–H groups in total. The lowest BCUT2D eigenvalue weighted by Gasteiger charge is -2.17. The molecule has 2 atom stereocenters. The minimum atomic E-state index is -1.37. The van der Waals surface area contributed by atoms with Crippen molar-refractivity contribution in [2.24, 2.45) is 0 Å². The summed E-state index contributed by atoms with van der Waals surface area (Å²) in [5.41, 5.74) is 0.859. The first-order valence-electron chi connectivity index (χ1n) is 5.50. The molecule has 2 aromatic rings. The standard InChI is InChI=1S/C14H14O3/c1-9(13(15)14(16)17)11-8-4-6-10-5-2-3-7-12(10)11/h2-9,13,15H,1H3,(H,16,17). The Morgan fingerprint density at radius 3 is 2.47 bits per heavy atom. The predicted molar refractivity (Wildman–Crippen MR) is 66.0 cm³/mol. The molecule has 0 saturated carbocycles. The lowest BCUT2D eigenvalue weighted by Crippen LogP contribution is -2.25. The van der Waals surface area contributed by atoms with E-state index in [1.165, 1.54) is 0 Å². The molecular formula is C14H14O3. The number of aliphatic hydroxyl groups is 1. The molecule has 2 unspecified atom stereocenters. The third-order valence-electron chi connectivity index (χ3n) is 3.04. The first-order chi connectivity index (χ1) is 8.11. The number of hydrogen-bond acceptors (Lipinski definition) is 2. The second-order valence-corrected chi connectivity index (χ2v) is 4.14. The topological polar surface area (TPSA) is 57.5 Å². The van der Waals surface area contributed by atoms with Crippen molar-refractivity contribution in [3.8, 4) is 0 Å². The number of hydrogen-bond donors (Lipinski definition) is 2. The van der Waals surface area contributed by atoms with Crippen molar-refractivity contribution in [3.63, 3.8) is 0 Å². The first kappa shape index (κ1) is 11.6. The number of carboxylic acid groups (broad SMARTS) is 1. The average molecular weight is 230 g/mol. The van der Waals surface area contributed by atoms with Crippen molar-refractivity contribution in [1.29, 1.82) is 0 Å². The van der Waals surface area contributed by atoms with Crippen LogP contribution in [0.3, 0.4) is 0 Å². The van der Waals surface area contributed by atoms with Gasteiger partial charge in [0.05, 0.1) is 0 Å². The van der Waals surface area contributed by atoms with Crippen molar-refractivity contribution < 1.29 is 15.0 Å². The summed E-state index contributed by atoms with van der Waals surface area (Å²) in [6, 6.07) is 13.5. The smallest absolute Gasteiger partial charge is 0.333 e. The number of aliphatic hydroxyl groups excluding tert-OH is 1. The van der Waals surface area contributed by atoms with E-state index in [4.69, 9.17) is 5.11 Å². The van der Waals surface area contributed by atoms with Gasteiger partial charge in [0.2, 0.25) is 0 Å². The van der Waals surface area contributed by atoms with E-state index < -0.39 is 18.0 Å². The molecule has 0 saturated heterocycles. The van der Waals surface area contributed by atoms with Gasteiger partial charge in [-0.3, -0.25) is 0 Å². The molecule has 0 aliphatic carbocycles. The molecule has 0 fully saturated rings. The second kappa shape index (κ2) is 4.55. The van der Waals surface area contributed by atoms with E-state index in [1.807, 2.05) is 42.5 Å². The molecular weight excluding hydrogens is 216 g/mol. The van der Waals surface area contributed by atoms with Crippen LogP contribution in [0, 0.1) is 0 Å². The molecule has 3 heteroatoms. The quantitative estimate of drug-likeness (QED) is 0.851. The summed E-state index contributed by atoms with van der Waals surface area (Å²) < 4.78 is 0. The highest BCUT2D eigenvalue weighted by Gasteiger charge is 2.24. The number of rotatable bonds is 3. The highest BCUT2D eigenvalue weighted by Crippen LogP contribution is 2.27. The number of fused-ring (bicyclic) bond motifs is 1. The summed E-state index contributed by atoms with van der Waals surface area (Å²) in [5.74, 6) is -1.62. The van der Waals surface area contributed by atoms with Crippen LogP contribution in [0.15, 0.2) is 42.5 Å². The molecule has 2 aromatic carbocycles. The van der Waals surface area contributed by atoms with Crippen LogP contribution in [0.5, 0.6) is 0 Å². The van der Waals surface area contributed by atoms with Gasteiger partial charge in [-0.25, -0.2) is 4.79 Å². The third kappa shape index (κ3) is 2.15. The average Bonchev–Trinajstić information content (AvgIpc) is 2.36. The molecule has 0 spiro atoms. The molecule has 0 bridgehead atoms. The van der Waals surface area contributed by atoms with Gasteiger partial charge in [-0.1, -0.05) is 49.4 Å². The number of carboxylic acids is 1. The molecule has 0 radical (unpaired) electrons. The minimum absolute atomic E-state index is 0.432. The molecule has 0 aliphatic heterocycles. The van der Waals surface area contributed by atoms with Gasteiger partial charge in [-0.15, -0.1) is 0 Å². The van der Waals surface area contributed by atoms with Gasteiger partial charge < -0.3 is 10.2 Å². The lowest BCUT2D eigenvalue weighted by atomic mass is 9.91. The zero-order chi connectivity index (χ0) is 12.4. The summed E-state index contributed by atoms with van der Waals surface area (Å²) in [6.07, 6.45) is -1.37. The SMILES string of the molecule is CC(c1cccc2ccccc12)C(O)C(=O)O. The van der Waals surface area contributed by atoms with Crippen LogP contribution in [-0.2, 0) is 4.79 Å². The van der Waals surface area contributed by atoms with Crippen molar-refractivity contribution in [3.05, 3.63) is 48.0 Å². The van der Waals surface area contributed by atoms with Gasteiger partial charge in [0.15, 0.2) is 6.10 Å². The summed E-state index contributed by atoms with van der Waals surface area (Å²) in [7, 11) is 0. The van der Waals surface area contributed by atoms with E-state index in [2.05, 4.69) is 0 Å². The van der Waals surface area contributed by atoms with Crippen LogP contribution in [0.1, 0.15) is 18.4 Å². The molecule has 3 nitrogen and oxygen atoms in total. The van der Waals surface area contributed by atoms with Gasteiger partial charge in [0, 0.05) is 5.92 Å². The van der Waals surface area contributed by atoms with Crippen LogP contribution in [0.25, 0.3) is 10.8 Å². The van der Waals surface area contributed by atoms with Crippen LogP contribution in [0.4, 0.5) is 0 Å². The van der Waals surface area contributed by atoms with Crippen LogP contribution in [0.2, 0.25) is 0 Å². The molecule has 88 valence electrons. The van der Waals surface area contributed by atoms with Gasteiger partial charge in [-0.05, 0) is 16.3 Å². The fraction of sp³-hybridized carbons (Fsp3) is 0.214. The molecule has 0 aromatic heterocycles. The maximum Gasteiger partial charge on any atom is 0.333 e. The largest absolute Gasteiger partial charge is 0.479 e. The fourth-order valence-electron chi connectivity index (χ4n) is 2.03. The van der Waals surface area contributed by atoms with Gasteiger partial charge >= 0.3 is 5.97 Å². The molecule has 2 rings (SSSR count). The number of aliphatic carboxylic acids is 1. The van der Waals surface area contributed by atoms with Crippen molar-refractivity contribution in [1.82, 2.24) is 0 Å².